The van der Waals surface area contributed by atoms with E-state index in [4.69, 9.17) is 0 Å². The Bertz CT molecular complexity index is 637. The highest BCUT2D eigenvalue weighted by Crippen LogP contribution is 2.28. The predicted octanol–water partition coefficient (Wildman–Crippen LogP) is 3.83. The summed E-state index contributed by atoms with van der Waals surface area (Å²) in [4.78, 5) is 0. The maximum atomic E-state index is 13.5. The van der Waals surface area contributed by atoms with Crippen molar-refractivity contribution in [2.45, 2.75) is 33.2 Å². The molecule has 21 heavy (non-hydrogen) atoms. The molecular formula is C16H21BrFN3. The molecule has 0 saturated heterocycles. The van der Waals surface area contributed by atoms with Gasteiger partial charge in [0.2, 0.25) is 0 Å². The molecule has 1 heterocycles. The molecule has 0 amide bonds. The minimum Gasteiger partial charge on any atom is -0.310 e. The molecule has 3 nitrogen and oxygen atoms in total. The lowest BCUT2D eigenvalue weighted by Gasteiger charge is -2.20. The minimum atomic E-state index is -0.205. The van der Waals surface area contributed by atoms with Crippen molar-refractivity contribution in [3.05, 3.63) is 51.0 Å². The predicted molar refractivity (Wildman–Crippen MR) is 86.9 cm³/mol. The van der Waals surface area contributed by atoms with Crippen molar-refractivity contribution in [1.29, 1.82) is 0 Å². The first-order chi connectivity index (χ1) is 9.93. The molecule has 1 N–H and O–H groups in total. The summed E-state index contributed by atoms with van der Waals surface area (Å²) in [6, 6.07) is 4.95. The van der Waals surface area contributed by atoms with Crippen LogP contribution in [0.5, 0.6) is 0 Å². The number of rotatable bonds is 5. The monoisotopic (exact) mass is 353 g/mol. The molecule has 5 heteroatoms. The van der Waals surface area contributed by atoms with Crippen molar-refractivity contribution >= 4 is 15.9 Å². The lowest BCUT2D eigenvalue weighted by Crippen LogP contribution is -2.24. The molecule has 0 spiro atoms. The summed E-state index contributed by atoms with van der Waals surface area (Å²) in [5.41, 5.74) is 4.33. The van der Waals surface area contributed by atoms with E-state index < -0.39 is 0 Å². The number of aryl methyl sites for hydroxylation is 2. The van der Waals surface area contributed by atoms with Crippen molar-refractivity contribution in [2.24, 2.45) is 7.05 Å². The number of likely N-dealkylation sites (N-methyl/N-ethyl adjacent to an activating group) is 1. The van der Waals surface area contributed by atoms with Crippen molar-refractivity contribution in [1.82, 2.24) is 15.1 Å². The van der Waals surface area contributed by atoms with E-state index in [1.807, 2.05) is 18.7 Å². The first kappa shape index (κ1) is 16.2. The van der Waals surface area contributed by atoms with Crippen LogP contribution in [0.1, 0.15) is 35.5 Å². The molecule has 2 rings (SSSR count). The van der Waals surface area contributed by atoms with Crippen LogP contribution in [0.15, 0.2) is 22.7 Å². The van der Waals surface area contributed by atoms with Crippen LogP contribution in [0.2, 0.25) is 0 Å². The summed E-state index contributed by atoms with van der Waals surface area (Å²) in [6.45, 7) is 7.02. The van der Waals surface area contributed by atoms with Crippen LogP contribution in [0.4, 0.5) is 4.39 Å². The SMILES string of the molecule is CCNC(Cc1cc(F)ccc1Br)c1c(C)nn(C)c1C. The Morgan fingerprint density at radius 3 is 2.67 bits per heavy atom. The van der Waals surface area contributed by atoms with Gasteiger partial charge in [0, 0.05) is 28.8 Å². The number of nitrogens with zero attached hydrogens (tertiary/aromatic N) is 2. The number of halogens is 2. The summed E-state index contributed by atoms with van der Waals surface area (Å²) < 4.78 is 16.3. The van der Waals surface area contributed by atoms with Gasteiger partial charge >= 0.3 is 0 Å². The highest BCUT2D eigenvalue weighted by molar-refractivity contribution is 9.10. The van der Waals surface area contributed by atoms with E-state index in [2.05, 4.69) is 40.2 Å². The third-order valence-electron chi connectivity index (χ3n) is 3.80. The fourth-order valence-corrected chi connectivity index (χ4v) is 3.15. The zero-order chi connectivity index (χ0) is 15.6. The molecule has 1 aromatic heterocycles. The Labute approximate surface area is 133 Å². The summed E-state index contributed by atoms with van der Waals surface area (Å²) in [5.74, 6) is -0.205. The standard InChI is InChI=1S/C16H21BrFN3/c1-5-19-15(16-10(2)20-21(4)11(16)3)9-12-8-13(18)6-7-14(12)17/h6-8,15,19H,5,9H2,1-4H3. The maximum absolute atomic E-state index is 13.5. The van der Waals surface area contributed by atoms with E-state index in [0.717, 1.165) is 34.4 Å². The highest BCUT2D eigenvalue weighted by Gasteiger charge is 2.20. The lowest BCUT2D eigenvalue weighted by molar-refractivity contribution is 0.540. The number of benzene rings is 1. The molecule has 114 valence electrons. The Balaban J connectivity index is 2.37. The van der Waals surface area contributed by atoms with E-state index in [0.29, 0.717) is 0 Å². The van der Waals surface area contributed by atoms with Crippen LogP contribution in [0.25, 0.3) is 0 Å². The Morgan fingerprint density at radius 2 is 2.10 bits per heavy atom. The van der Waals surface area contributed by atoms with Crippen LogP contribution >= 0.6 is 15.9 Å². The van der Waals surface area contributed by atoms with E-state index in [9.17, 15) is 4.39 Å². The van der Waals surface area contributed by atoms with Gasteiger partial charge < -0.3 is 5.32 Å². The topological polar surface area (TPSA) is 29.9 Å². The number of hydrogen-bond acceptors (Lipinski definition) is 2. The van der Waals surface area contributed by atoms with E-state index in [1.54, 1.807) is 12.1 Å². The molecule has 1 aromatic carbocycles. The van der Waals surface area contributed by atoms with Crippen molar-refractivity contribution in [3.63, 3.8) is 0 Å². The third kappa shape index (κ3) is 3.52. The molecule has 2 aromatic rings. The van der Waals surface area contributed by atoms with Gasteiger partial charge in [-0.3, -0.25) is 4.68 Å². The lowest BCUT2D eigenvalue weighted by atomic mass is 9.97. The second-order valence-corrected chi connectivity index (χ2v) is 6.11. The van der Waals surface area contributed by atoms with E-state index >= 15 is 0 Å². The largest absolute Gasteiger partial charge is 0.310 e. The summed E-state index contributed by atoms with van der Waals surface area (Å²) in [7, 11) is 1.95. The van der Waals surface area contributed by atoms with Crippen molar-refractivity contribution in [3.8, 4) is 0 Å². The number of hydrogen-bond donors (Lipinski definition) is 1. The Morgan fingerprint density at radius 1 is 1.38 bits per heavy atom. The van der Waals surface area contributed by atoms with Gasteiger partial charge in [-0.2, -0.15) is 5.10 Å². The minimum absolute atomic E-state index is 0.127. The van der Waals surface area contributed by atoms with Gasteiger partial charge in [0.05, 0.1) is 5.69 Å². The van der Waals surface area contributed by atoms with Gasteiger partial charge in [-0.1, -0.05) is 22.9 Å². The van der Waals surface area contributed by atoms with E-state index in [1.165, 1.54) is 11.6 Å². The molecule has 0 fully saturated rings. The number of aromatic nitrogens is 2. The zero-order valence-corrected chi connectivity index (χ0v) is 14.5. The van der Waals surface area contributed by atoms with Gasteiger partial charge in [-0.15, -0.1) is 0 Å². The Hall–Kier alpha value is -1.20. The third-order valence-corrected chi connectivity index (χ3v) is 4.57. The first-order valence-corrected chi connectivity index (χ1v) is 7.90. The average molecular weight is 354 g/mol. The normalized spacial score (nSPS) is 12.7. The van der Waals surface area contributed by atoms with Gasteiger partial charge in [-0.25, -0.2) is 4.39 Å². The smallest absolute Gasteiger partial charge is 0.123 e. The molecular weight excluding hydrogens is 333 g/mol. The second kappa shape index (κ2) is 6.71. The fraction of sp³-hybridized carbons (Fsp3) is 0.438. The first-order valence-electron chi connectivity index (χ1n) is 7.11. The number of nitrogens with one attached hydrogen (secondary N) is 1. The highest BCUT2D eigenvalue weighted by atomic mass is 79.9. The van der Waals surface area contributed by atoms with Crippen LogP contribution in [0, 0.1) is 19.7 Å². The quantitative estimate of drug-likeness (QED) is 0.884. The molecule has 0 radical (unpaired) electrons. The summed E-state index contributed by atoms with van der Waals surface area (Å²) in [6.07, 6.45) is 0.722. The maximum Gasteiger partial charge on any atom is 0.123 e. The van der Waals surface area contributed by atoms with Crippen molar-refractivity contribution < 1.29 is 4.39 Å². The molecule has 1 atom stereocenters. The molecule has 0 aliphatic carbocycles. The average Bonchev–Trinajstić information content (AvgIpc) is 2.67. The summed E-state index contributed by atoms with van der Waals surface area (Å²) in [5, 5.41) is 7.98. The van der Waals surface area contributed by atoms with Gasteiger partial charge in [0.1, 0.15) is 5.82 Å². The van der Waals surface area contributed by atoms with Gasteiger partial charge in [-0.05, 0) is 50.6 Å². The van der Waals surface area contributed by atoms with Crippen LogP contribution in [-0.2, 0) is 13.5 Å². The van der Waals surface area contributed by atoms with Gasteiger partial charge in [0.25, 0.3) is 0 Å². The zero-order valence-electron chi connectivity index (χ0n) is 12.9. The van der Waals surface area contributed by atoms with Gasteiger partial charge in [0.15, 0.2) is 0 Å². The van der Waals surface area contributed by atoms with Crippen molar-refractivity contribution in [2.75, 3.05) is 6.54 Å². The fourth-order valence-electron chi connectivity index (χ4n) is 2.74. The van der Waals surface area contributed by atoms with Crippen LogP contribution in [-0.4, -0.2) is 16.3 Å². The molecule has 1 unspecified atom stereocenters. The molecule has 0 aliphatic rings. The second-order valence-electron chi connectivity index (χ2n) is 5.26. The van der Waals surface area contributed by atoms with E-state index in [-0.39, 0.29) is 11.9 Å². The Kier molecular flexibility index (Phi) is 5.17. The van der Waals surface area contributed by atoms with Crippen LogP contribution in [0.3, 0.4) is 0 Å². The molecule has 0 aliphatic heterocycles. The summed E-state index contributed by atoms with van der Waals surface area (Å²) >= 11 is 3.51. The molecule has 0 bridgehead atoms. The van der Waals surface area contributed by atoms with Crippen LogP contribution < -0.4 is 5.32 Å². The molecule has 0 saturated carbocycles.